The molecule has 0 aliphatic heterocycles. The van der Waals surface area contributed by atoms with Gasteiger partial charge in [-0.05, 0) is 17.7 Å². The van der Waals surface area contributed by atoms with Gasteiger partial charge >= 0.3 is 0 Å². The van der Waals surface area contributed by atoms with Gasteiger partial charge in [-0.15, -0.1) is 0 Å². The summed E-state index contributed by atoms with van der Waals surface area (Å²) in [5.41, 5.74) is 1.91. The van der Waals surface area contributed by atoms with Crippen LogP contribution in [-0.4, -0.2) is 37.1 Å². The highest BCUT2D eigenvalue weighted by molar-refractivity contribution is 6.03. The van der Waals surface area contributed by atoms with E-state index in [9.17, 15) is 4.79 Å². The van der Waals surface area contributed by atoms with Crippen molar-refractivity contribution in [3.63, 3.8) is 0 Å². The zero-order valence-electron chi connectivity index (χ0n) is 16.0. The van der Waals surface area contributed by atoms with Crippen LogP contribution in [0.15, 0.2) is 60.9 Å². The maximum Gasteiger partial charge on any atom is 0.275 e. The van der Waals surface area contributed by atoms with Gasteiger partial charge in [0.2, 0.25) is 0 Å². The van der Waals surface area contributed by atoms with Crippen LogP contribution in [0, 0.1) is 0 Å². The second kappa shape index (κ2) is 8.85. The van der Waals surface area contributed by atoms with Crippen LogP contribution in [0.25, 0.3) is 0 Å². The monoisotopic (exact) mass is 378 g/mol. The fraction of sp³-hybridized carbons (Fsp3) is 0.190. The van der Waals surface area contributed by atoms with Crippen molar-refractivity contribution < 1.29 is 14.3 Å². The van der Waals surface area contributed by atoms with Crippen molar-refractivity contribution in [1.82, 2.24) is 9.97 Å². The first-order chi connectivity index (χ1) is 13.6. The van der Waals surface area contributed by atoms with Gasteiger partial charge in [-0.25, -0.2) is 9.97 Å². The van der Waals surface area contributed by atoms with E-state index in [-0.39, 0.29) is 11.6 Å². The lowest BCUT2D eigenvalue weighted by atomic mass is 10.2. The molecule has 7 heteroatoms. The van der Waals surface area contributed by atoms with Crippen LogP contribution in [0.2, 0.25) is 0 Å². The maximum atomic E-state index is 12.5. The second-order valence-corrected chi connectivity index (χ2v) is 6.12. The molecular weight excluding hydrogens is 356 g/mol. The number of hydrogen-bond donors (Lipinski definition) is 1. The van der Waals surface area contributed by atoms with Crippen LogP contribution >= 0.6 is 0 Å². The van der Waals surface area contributed by atoms with Crippen LogP contribution in [0.1, 0.15) is 16.1 Å². The number of carbonyl (C=O) groups is 1. The molecule has 0 saturated heterocycles. The molecule has 144 valence electrons. The zero-order chi connectivity index (χ0) is 19.9. The molecule has 0 aliphatic carbocycles. The van der Waals surface area contributed by atoms with E-state index in [1.54, 1.807) is 31.5 Å². The highest BCUT2D eigenvalue weighted by Gasteiger charge is 2.13. The molecule has 3 rings (SSSR count). The fourth-order valence-electron chi connectivity index (χ4n) is 2.66. The minimum absolute atomic E-state index is 0.217. The van der Waals surface area contributed by atoms with Gasteiger partial charge < -0.3 is 19.7 Å². The molecule has 7 nitrogen and oxygen atoms in total. The Kier molecular flexibility index (Phi) is 6.06. The van der Waals surface area contributed by atoms with Crippen molar-refractivity contribution >= 4 is 17.4 Å². The first kappa shape index (κ1) is 19.2. The summed E-state index contributed by atoms with van der Waals surface area (Å²) in [6.45, 7) is 0.699. The summed E-state index contributed by atoms with van der Waals surface area (Å²) >= 11 is 0. The summed E-state index contributed by atoms with van der Waals surface area (Å²) in [5, 5.41) is 2.78. The second-order valence-electron chi connectivity index (χ2n) is 6.12. The number of benzene rings is 2. The van der Waals surface area contributed by atoms with Crippen LogP contribution in [0.4, 0.5) is 11.5 Å². The molecule has 0 radical (unpaired) electrons. The van der Waals surface area contributed by atoms with E-state index in [4.69, 9.17) is 9.47 Å². The minimum Gasteiger partial charge on any atom is -0.497 e. The van der Waals surface area contributed by atoms with E-state index in [0.29, 0.717) is 29.5 Å². The Labute approximate surface area is 164 Å². The first-order valence-corrected chi connectivity index (χ1v) is 8.71. The number of carbonyl (C=O) groups excluding carboxylic acids is 1. The Balaban J connectivity index is 1.68. The third-order valence-corrected chi connectivity index (χ3v) is 4.18. The Morgan fingerprint density at radius 2 is 1.82 bits per heavy atom. The molecule has 0 fully saturated rings. The molecule has 1 amide bonds. The van der Waals surface area contributed by atoms with Gasteiger partial charge in [-0.3, -0.25) is 4.79 Å². The van der Waals surface area contributed by atoms with Crippen LogP contribution < -0.4 is 19.7 Å². The van der Waals surface area contributed by atoms with Crippen molar-refractivity contribution in [2.45, 2.75) is 6.54 Å². The van der Waals surface area contributed by atoms with Gasteiger partial charge in [0.25, 0.3) is 5.91 Å². The lowest BCUT2D eigenvalue weighted by Gasteiger charge is -2.18. The number of rotatable bonds is 7. The largest absolute Gasteiger partial charge is 0.497 e. The molecule has 0 atom stereocenters. The number of amides is 1. The number of aromatic nitrogens is 2. The number of nitrogens with zero attached hydrogens (tertiary/aromatic N) is 3. The molecule has 0 bridgehead atoms. The predicted octanol–water partition coefficient (Wildman–Crippen LogP) is 3.38. The molecule has 0 unspecified atom stereocenters. The molecular formula is C21H22N4O3. The zero-order valence-corrected chi connectivity index (χ0v) is 16.0. The van der Waals surface area contributed by atoms with E-state index >= 15 is 0 Å². The summed E-state index contributed by atoms with van der Waals surface area (Å²) in [7, 11) is 5.03. The highest BCUT2D eigenvalue weighted by Crippen LogP contribution is 2.29. The highest BCUT2D eigenvalue weighted by atomic mass is 16.5. The quantitative estimate of drug-likeness (QED) is 0.679. The lowest BCUT2D eigenvalue weighted by Crippen LogP contribution is -2.19. The average molecular weight is 378 g/mol. The van der Waals surface area contributed by atoms with Gasteiger partial charge in [-0.2, -0.15) is 0 Å². The van der Waals surface area contributed by atoms with E-state index in [2.05, 4.69) is 15.3 Å². The third kappa shape index (κ3) is 4.56. The molecule has 1 heterocycles. The third-order valence-electron chi connectivity index (χ3n) is 4.18. The SMILES string of the molecule is COc1ccc(NC(=O)c2cnc(N(C)Cc3ccccc3)cn2)c(OC)c1. The van der Waals surface area contributed by atoms with E-state index in [1.807, 2.05) is 42.3 Å². The van der Waals surface area contributed by atoms with Gasteiger partial charge in [0.05, 0.1) is 32.3 Å². The Morgan fingerprint density at radius 3 is 2.46 bits per heavy atom. The minimum atomic E-state index is -0.367. The summed E-state index contributed by atoms with van der Waals surface area (Å²) in [4.78, 5) is 23.1. The van der Waals surface area contributed by atoms with Crippen LogP contribution in [0.5, 0.6) is 11.5 Å². The van der Waals surface area contributed by atoms with Gasteiger partial charge in [0, 0.05) is 19.7 Å². The van der Waals surface area contributed by atoms with Crippen molar-refractivity contribution in [3.8, 4) is 11.5 Å². The Hall–Kier alpha value is -3.61. The predicted molar refractivity (Wildman–Crippen MR) is 108 cm³/mol. The van der Waals surface area contributed by atoms with Crippen LogP contribution in [-0.2, 0) is 6.54 Å². The molecule has 2 aromatic carbocycles. The summed E-state index contributed by atoms with van der Waals surface area (Å²) in [5.74, 6) is 1.45. The number of methoxy groups -OCH3 is 2. The Bertz CT molecular complexity index is 930. The average Bonchev–Trinajstić information content (AvgIpc) is 2.74. The first-order valence-electron chi connectivity index (χ1n) is 8.71. The molecule has 1 N–H and O–H groups in total. The summed E-state index contributed by atoms with van der Waals surface area (Å²) < 4.78 is 10.5. The van der Waals surface area contributed by atoms with E-state index < -0.39 is 0 Å². The maximum absolute atomic E-state index is 12.5. The van der Waals surface area contributed by atoms with Crippen molar-refractivity contribution in [2.75, 3.05) is 31.5 Å². The Morgan fingerprint density at radius 1 is 1.04 bits per heavy atom. The number of nitrogens with one attached hydrogen (secondary N) is 1. The fourth-order valence-corrected chi connectivity index (χ4v) is 2.66. The van der Waals surface area contributed by atoms with Crippen LogP contribution in [0.3, 0.4) is 0 Å². The van der Waals surface area contributed by atoms with Gasteiger partial charge in [0.1, 0.15) is 23.0 Å². The normalized spacial score (nSPS) is 10.2. The molecule has 0 saturated carbocycles. The van der Waals surface area contributed by atoms with E-state index in [1.165, 1.54) is 18.9 Å². The van der Waals surface area contributed by atoms with Gasteiger partial charge in [0.15, 0.2) is 0 Å². The molecule has 3 aromatic rings. The summed E-state index contributed by atoms with van der Waals surface area (Å²) in [6, 6.07) is 15.2. The molecule has 0 aliphatic rings. The lowest BCUT2D eigenvalue weighted by molar-refractivity contribution is 0.102. The molecule has 28 heavy (non-hydrogen) atoms. The number of hydrogen-bond acceptors (Lipinski definition) is 6. The van der Waals surface area contributed by atoms with Crippen molar-refractivity contribution in [2.24, 2.45) is 0 Å². The van der Waals surface area contributed by atoms with E-state index in [0.717, 1.165) is 0 Å². The standard InChI is InChI=1S/C21H22N4O3/c1-25(14-15-7-5-4-6-8-15)20-13-22-18(12-23-20)21(26)24-17-10-9-16(27-2)11-19(17)28-3/h4-13H,14H2,1-3H3,(H,24,26). The molecule has 1 aromatic heterocycles. The summed E-state index contributed by atoms with van der Waals surface area (Å²) in [6.07, 6.45) is 3.05. The van der Waals surface area contributed by atoms with Crippen molar-refractivity contribution in [1.29, 1.82) is 0 Å². The van der Waals surface area contributed by atoms with Crippen molar-refractivity contribution in [3.05, 3.63) is 72.2 Å². The molecule has 0 spiro atoms. The topological polar surface area (TPSA) is 76.6 Å². The van der Waals surface area contributed by atoms with Gasteiger partial charge in [-0.1, -0.05) is 30.3 Å². The number of anilines is 2. The smallest absolute Gasteiger partial charge is 0.275 e. The number of ether oxygens (including phenoxy) is 2.